The van der Waals surface area contributed by atoms with E-state index in [1.54, 1.807) is 0 Å². The van der Waals surface area contributed by atoms with Crippen LogP contribution in [0.25, 0.3) is 77.4 Å². The van der Waals surface area contributed by atoms with Gasteiger partial charge in [0.25, 0.3) is 0 Å². The molecule has 0 saturated heterocycles. The second kappa shape index (κ2) is 11.7. The fourth-order valence-corrected chi connectivity index (χ4v) is 8.74. The van der Waals surface area contributed by atoms with Crippen LogP contribution in [0.1, 0.15) is 48.3 Å². The molecular weight excluding hydrogens is 621 g/mol. The van der Waals surface area contributed by atoms with Gasteiger partial charge in [-0.15, -0.1) is 0 Å². The van der Waals surface area contributed by atoms with Crippen LogP contribution in [0, 0.1) is 0 Å². The lowest BCUT2D eigenvalue weighted by atomic mass is 9.73. The van der Waals surface area contributed by atoms with E-state index in [0.29, 0.717) is 5.92 Å². The number of nitrogens with zero attached hydrogens (tertiary/aromatic N) is 1. The molecule has 1 heterocycles. The monoisotopic (exact) mass is 656 g/mol. The molecule has 2 aliphatic rings. The molecular formula is C48H36N2O. The van der Waals surface area contributed by atoms with Crippen LogP contribution in [-0.2, 0) is 0 Å². The minimum absolute atomic E-state index is 0.0886. The minimum Gasteiger partial charge on any atom is -0.305 e. The molecule has 3 nitrogen and oxygen atoms in total. The molecule has 1 N–H and O–H groups in total. The summed E-state index contributed by atoms with van der Waals surface area (Å²) in [5.41, 5.74) is 11.5. The maximum absolute atomic E-state index is 13.2. The highest BCUT2D eigenvalue weighted by Crippen LogP contribution is 2.49. The van der Waals surface area contributed by atoms with E-state index < -0.39 is 0 Å². The largest absolute Gasteiger partial charge is 0.330 e. The summed E-state index contributed by atoms with van der Waals surface area (Å²) in [5, 5.41) is 7.56. The van der Waals surface area contributed by atoms with Crippen molar-refractivity contribution >= 4 is 55.1 Å². The standard InChI is InChI=1S/C48H36N2O/c1-30-38-16-8-7-12-32(38)21-24-39(30)47-41-18-10-9-17-40(41)46(36-20-19-31-11-5-6-13-33(31)27-36)42-25-22-34(28-43(42)47)35-23-26-44-45(29-35)50(48(51)49-44)37-14-3-2-4-15-37/h2-3,5-14,16-30,39H,4,15H2,1H3,(H,49,51). The Bertz CT molecular complexity index is 2860. The molecule has 51 heavy (non-hydrogen) atoms. The summed E-state index contributed by atoms with van der Waals surface area (Å²) in [7, 11) is 0. The Morgan fingerprint density at radius 2 is 1.43 bits per heavy atom. The summed E-state index contributed by atoms with van der Waals surface area (Å²) >= 11 is 0. The van der Waals surface area contributed by atoms with Crippen molar-refractivity contribution in [1.29, 1.82) is 0 Å². The zero-order valence-electron chi connectivity index (χ0n) is 28.4. The lowest BCUT2D eigenvalue weighted by Gasteiger charge is -2.30. The zero-order chi connectivity index (χ0) is 34.1. The predicted octanol–water partition coefficient (Wildman–Crippen LogP) is 12.2. The maximum atomic E-state index is 13.2. The quantitative estimate of drug-likeness (QED) is 0.188. The first-order chi connectivity index (χ1) is 25.1. The van der Waals surface area contributed by atoms with Crippen LogP contribution in [0.3, 0.4) is 0 Å². The number of allylic oxidation sites excluding steroid dienone is 5. The van der Waals surface area contributed by atoms with Crippen molar-refractivity contribution in [3.63, 3.8) is 0 Å². The van der Waals surface area contributed by atoms with Crippen LogP contribution in [-0.4, -0.2) is 9.55 Å². The van der Waals surface area contributed by atoms with Crippen molar-refractivity contribution in [3.8, 4) is 22.3 Å². The van der Waals surface area contributed by atoms with Crippen LogP contribution in [0.15, 0.2) is 156 Å². The number of hydrogen-bond donors (Lipinski definition) is 1. The van der Waals surface area contributed by atoms with Gasteiger partial charge in [-0.2, -0.15) is 0 Å². The number of benzene rings is 7. The summed E-state index contributed by atoms with van der Waals surface area (Å²) < 4.78 is 1.85. The molecule has 244 valence electrons. The summed E-state index contributed by atoms with van der Waals surface area (Å²) in [4.78, 5) is 16.3. The summed E-state index contributed by atoms with van der Waals surface area (Å²) in [6.07, 6.45) is 12.8. The molecule has 7 aromatic carbocycles. The molecule has 1 aromatic heterocycles. The van der Waals surface area contributed by atoms with Crippen LogP contribution >= 0.6 is 0 Å². The Morgan fingerprint density at radius 3 is 2.31 bits per heavy atom. The fraction of sp³-hybridized carbons (Fsp3) is 0.104. The molecule has 10 rings (SSSR count). The third-order valence-electron chi connectivity index (χ3n) is 11.2. The molecule has 0 aliphatic heterocycles. The van der Waals surface area contributed by atoms with Gasteiger partial charge in [-0.25, -0.2) is 4.79 Å². The molecule has 3 heteroatoms. The third kappa shape index (κ3) is 4.76. The third-order valence-corrected chi connectivity index (χ3v) is 11.2. The van der Waals surface area contributed by atoms with Crippen molar-refractivity contribution in [2.45, 2.75) is 31.6 Å². The van der Waals surface area contributed by atoms with E-state index in [4.69, 9.17) is 0 Å². The molecule has 0 amide bonds. The summed E-state index contributed by atoms with van der Waals surface area (Å²) in [6.45, 7) is 2.38. The first-order valence-electron chi connectivity index (χ1n) is 18.0. The lowest BCUT2D eigenvalue weighted by Crippen LogP contribution is -2.16. The molecule has 0 spiro atoms. The number of hydrogen-bond acceptors (Lipinski definition) is 1. The van der Waals surface area contributed by atoms with Crippen molar-refractivity contribution in [2.75, 3.05) is 0 Å². The molecule has 0 radical (unpaired) electrons. The highest BCUT2D eigenvalue weighted by molar-refractivity contribution is 6.17. The SMILES string of the molecule is CC1c2ccccc2C=CC1c1c2ccccc2c(-c2ccc3ccccc3c2)c2ccc(-c3ccc4[nH]c(=O)n(C5=CC=CCC5)c4c3)cc12. The summed E-state index contributed by atoms with van der Waals surface area (Å²) in [5.74, 6) is 0.494. The first-order valence-corrected chi connectivity index (χ1v) is 18.0. The van der Waals surface area contributed by atoms with Crippen molar-refractivity contribution < 1.29 is 0 Å². The van der Waals surface area contributed by atoms with Gasteiger partial charge in [0.15, 0.2) is 0 Å². The van der Waals surface area contributed by atoms with E-state index >= 15 is 0 Å². The van der Waals surface area contributed by atoms with Gasteiger partial charge in [0.2, 0.25) is 0 Å². The van der Waals surface area contributed by atoms with Crippen molar-refractivity contribution in [2.24, 2.45) is 0 Å². The smallest absolute Gasteiger partial charge is 0.305 e. The number of rotatable bonds is 4. The van der Waals surface area contributed by atoms with Gasteiger partial charge in [-0.3, -0.25) is 4.57 Å². The highest BCUT2D eigenvalue weighted by Gasteiger charge is 2.28. The average Bonchev–Trinajstić information content (AvgIpc) is 3.52. The Balaban J connectivity index is 1.25. The van der Waals surface area contributed by atoms with Crippen molar-refractivity contribution in [1.82, 2.24) is 9.55 Å². The van der Waals surface area contributed by atoms with Gasteiger partial charge < -0.3 is 4.98 Å². The van der Waals surface area contributed by atoms with Gasteiger partial charge >= 0.3 is 5.69 Å². The average molecular weight is 657 g/mol. The molecule has 2 atom stereocenters. The van der Waals surface area contributed by atoms with E-state index in [9.17, 15) is 4.79 Å². The number of fused-ring (bicyclic) bond motifs is 5. The van der Waals surface area contributed by atoms with Crippen molar-refractivity contribution in [3.05, 3.63) is 179 Å². The maximum Gasteiger partial charge on any atom is 0.330 e. The van der Waals surface area contributed by atoms with Gasteiger partial charge in [0, 0.05) is 11.6 Å². The second-order valence-electron chi connectivity index (χ2n) is 14.1. The lowest BCUT2D eigenvalue weighted by molar-refractivity contribution is 0.677. The van der Waals surface area contributed by atoms with E-state index in [1.807, 2.05) is 4.57 Å². The first kappa shape index (κ1) is 29.7. The zero-order valence-corrected chi connectivity index (χ0v) is 28.4. The fourth-order valence-electron chi connectivity index (χ4n) is 8.74. The molecule has 2 aliphatic carbocycles. The molecule has 0 fully saturated rings. The van der Waals surface area contributed by atoms with Gasteiger partial charge in [-0.1, -0.05) is 134 Å². The number of aromatic nitrogens is 2. The van der Waals surface area contributed by atoms with Gasteiger partial charge in [0.1, 0.15) is 0 Å². The summed E-state index contributed by atoms with van der Waals surface area (Å²) in [6, 6.07) is 46.7. The van der Waals surface area contributed by atoms with Crippen LogP contribution in [0.5, 0.6) is 0 Å². The number of nitrogens with one attached hydrogen (secondary N) is 1. The van der Waals surface area contributed by atoms with Crippen LogP contribution in [0.4, 0.5) is 0 Å². The van der Waals surface area contributed by atoms with Crippen LogP contribution in [0.2, 0.25) is 0 Å². The molecule has 2 unspecified atom stereocenters. The van der Waals surface area contributed by atoms with E-state index in [0.717, 1.165) is 40.7 Å². The van der Waals surface area contributed by atoms with E-state index in [-0.39, 0.29) is 11.6 Å². The molecule has 0 saturated carbocycles. The van der Waals surface area contributed by atoms with Gasteiger partial charge in [-0.05, 0) is 120 Å². The predicted molar refractivity (Wildman–Crippen MR) is 215 cm³/mol. The van der Waals surface area contributed by atoms with E-state index in [1.165, 1.54) is 60.1 Å². The van der Waals surface area contributed by atoms with Gasteiger partial charge in [0.05, 0.1) is 11.0 Å². The number of imidazole rings is 1. The Labute approximate surface area is 296 Å². The topological polar surface area (TPSA) is 37.8 Å². The number of H-pyrrole nitrogens is 1. The molecule has 0 bridgehead atoms. The van der Waals surface area contributed by atoms with E-state index in [2.05, 4.69) is 170 Å². The normalized spacial score (nSPS) is 17.0. The Hall–Kier alpha value is -6.19. The Morgan fingerprint density at radius 1 is 0.686 bits per heavy atom. The Kier molecular flexibility index (Phi) is 6.82. The highest BCUT2D eigenvalue weighted by atomic mass is 16.1. The minimum atomic E-state index is -0.0886. The number of aromatic amines is 1. The van der Waals surface area contributed by atoms with Crippen LogP contribution < -0.4 is 5.69 Å². The second-order valence-corrected chi connectivity index (χ2v) is 14.1. The molecule has 8 aromatic rings.